The molecule has 0 atom stereocenters. The van der Waals surface area contributed by atoms with Crippen LogP contribution in [0.3, 0.4) is 0 Å². The average Bonchev–Trinajstić information content (AvgIpc) is 2.78. The molecular formula is C11H5Br2ClFN3S. The van der Waals surface area contributed by atoms with E-state index in [1.807, 2.05) is 6.07 Å². The highest BCUT2D eigenvalue weighted by Gasteiger charge is 2.16. The third-order valence-electron chi connectivity index (χ3n) is 2.25. The fourth-order valence-electron chi connectivity index (χ4n) is 1.41. The van der Waals surface area contributed by atoms with Crippen molar-refractivity contribution in [1.82, 2.24) is 4.98 Å². The monoisotopic (exact) mass is 423 g/mol. The van der Waals surface area contributed by atoms with Crippen LogP contribution in [0.15, 0.2) is 21.2 Å². The van der Waals surface area contributed by atoms with Gasteiger partial charge in [0.25, 0.3) is 0 Å². The smallest absolute Gasteiger partial charge is 0.183 e. The van der Waals surface area contributed by atoms with Gasteiger partial charge in [0, 0.05) is 15.5 Å². The second-order valence-electron chi connectivity index (χ2n) is 3.45. The van der Waals surface area contributed by atoms with Gasteiger partial charge in [0.15, 0.2) is 10.3 Å². The van der Waals surface area contributed by atoms with Crippen LogP contribution in [0.4, 0.5) is 10.1 Å². The van der Waals surface area contributed by atoms with E-state index in [2.05, 4.69) is 42.2 Å². The van der Waals surface area contributed by atoms with Crippen LogP contribution in [0.2, 0.25) is 4.47 Å². The molecule has 0 bridgehead atoms. The Hall–Kier alpha value is -0.680. The van der Waals surface area contributed by atoms with Crippen molar-refractivity contribution in [1.29, 1.82) is 5.26 Å². The van der Waals surface area contributed by atoms with Crippen LogP contribution in [0, 0.1) is 17.1 Å². The zero-order chi connectivity index (χ0) is 14.0. The van der Waals surface area contributed by atoms with E-state index in [1.54, 1.807) is 12.3 Å². The van der Waals surface area contributed by atoms with E-state index >= 15 is 0 Å². The molecule has 0 saturated carbocycles. The Morgan fingerprint density at radius 3 is 2.79 bits per heavy atom. The molecule has 0 amide bonds. The van der Waals surface area contributed by atoms with Crippen LogP contribution in [0.1, 0.15) is 10.4 Å². The van der Waals surface area contributed by atoms with Gasteiger partial charge in [-0.15, -0.1) is 11.3 Å². The number of aromatic nitrogens is 1. The van der Waals surface area contributed by atoms with Crippen molar-refractivity contribution in [2.45, 2.75) is 6.54 Å². The van der Waals surface area contributed by atoms with E-state index in [-0.39, 0.29) is 10.0 Å². The van der Waals surface area contributed by atoms with Crippen molar-refractivity contribution in [2.24, 2.45) is 0 Å². The molecule has 0 aliphatic heterocycles. The summed E-state index contributed by atoms with van der Waals surface area (Å²) >= 11 is 13.4. The van der Waals surface area contributed by atoms with Gasteiger partial charge in [-0.25, -0.2) is 9.37 Å². The van der Waals surface area contributed by atoms with Crippen LogP contribution in [-0.4, -0.2) is 4.98 Å². The highest BCUT2D eigenvalue weighted by atomic mass is 79.9. The number of hydrogen-bond donors (Lipinski definition) is 1. The minimum absolute atomic E-state index is 0.0446. The fraction of sp³-hybridized carbons (Fsp3) is 0.0909. The van der Waals surface area contributed by atoms with Crippen LogP contribution in [0.25, 0.3) is 0 Å². The first-order valence-corrected chi connectivity index (χ1v) is 7.72. The van der Waals surface area contributed by atoms with E-state index in [4.69, 9.17) is 16.9 Å². The Labute approximate surface area is 134 Å². The summed E-state index contributed by atoms with van der Waals surface area (Å²) in [5.74, 6) is -0.587. The van der Waals surface area contributed by atoms with Gasteiger partial charge in [0.05, 0.1) is 16.7 Å². The van der Waals surface area contributed by atoms with E-state index in [0.29, 0.717) is 21.2 Å². The molecule has 8 heteroatoms. The molecule has 2 aromatic rings. The number of hydrogen-bond acceptors (Lipinski definition) is 4. The lowest BCUT2D eigenvalue weighted by Gasteiger charge is -2.11. The van der Waals surface area contributed by atoms with E-state index in [1.165, 1.54) is 11.3 Å². The molecule has 1 N–H and O–H groups in total. The maximum Gasteiger partial charge on any atom is 0.183 e. The molecule has 2 rings (SSSR count). The van der Waals surface area contributed by atoms with Gasteiger partial charge in [-0.1, -0.05) is 11.6 Å². The van der Waals surface area contributed by atoms with Gasteiger partial charge in [-0.05, 0) is 37.9 Å². The van der Waals surface area contributed by atoms with Crippen molar-refractivity contribution < 1.29 is 4.39 Å². The van der Waals surface area contributed by atoms with Gasteiger partial charge in [0.1, 0.15) is 11.6 Å². The summed E-state index contributed by atoms with van der Waals surface area (Å²) in [5.41, 5.74) is 0.365. The average molecular weight is 426 g/mol. The van der Waals surface area contributed by atoms with Gasteiger partial charge in [-0.3, -0.25) is 0 Å². The fourth-order valence-corrected chi connectivity index (χ4v) is 3.63. The molecule has 0 spiro atoms. The Kier molecular flexibility index (Phi) is 4.79. The zero-order valence-corrected chi connectivity index (χ0v) is 13.9. The van der Waals surface area contributed by atoms with Gasteiger partial charge in [-0.2, -0.15) is 5.26 Å². The highest BCUT2D eigenvalue weighted by Crippen LogP contribution is 2.34. The van der Waals surface area contributed by atoms with Crippen LogP contribution >= 0.6 is 54.8 Å². The molecule has 1 aromatic carbocycles. The number of thiazole rings is 1. The molecule has 0 saturated heterocycles. The molecule has 1 aromatic heterocycles. The third-order valence-corrected chi connectivity index (χ3v) is 4.57. The van der Waals surface area contributed by atoms with E-state index < -0.39 is 5.82 Å². The third kappa shape index (κ3) is 3.26. The molecule has 0 unspecified atom stereocenters. The molecular weight excluding hydrogens is 420 g/mol. The van der Waals surface area contributed by atoms with Crippen LogP contribution in [0.5, 0.6) is 0 Å². The molecule has 0 aliphatic rings. The van der Waals surface area contributed by atoms with Crippen molar-refractivity contribution in [3.8, 4) is 6.07 Å². The first-order valence-electron chi connectivity index (χ1n) is 4.94. The Bertz CT molecular complexity index is 669. The lowest BCUT2D eigenvalue weighted by Crippen LogP contribution is -2.03. The minimum atomic E-state index is -0.587. The first kappa shape index (κ1) is 14.7. The number of nitrogens with zero attached hydrogens (tertiary/aromatic N) is 2. The number of anilines is 1. The summed E-state index contributed by atoms with van der Waals surface area (Å²) < 4.78 is 15.1. The van der Waals surface area contributed by atoms with Crippen molar-refractivity contribution >= 4 is 60.5 Å². The molecule has 0 radical (unpaired) electrons. The molecule has 0 fully saturated rings. The van der Waals surface area contributed by atoms with Crippen molar-refractivity contribution in [3.05, 3.63) is 41.9 Å². The number of halogens is 4. The van der Waals surface area contributed by atoms with Gasteiger partial charge in [0.2, 0.25) is 0 Å². The van der Waals surface area contributed by atoms with Crippen molar-refractivity contribution in [3.63, 3.8) is 0 Å². The topological polar surface area (TPSA) is 48.7 Å². The quantitative estimate of drug-likeness (QED) is 0.709. The number of nitriles is 1. The summed E-state index contributed by atoms with van der Waals surface area (Å²) in [6.07, 6.45) is 1.63. The molecule has 98 valence electrons. The van der Waals surface area contributed by atoms with Crippen LogP contribution in [-0.2, 0) is 6.54 Å². The Morgan fingerprint density at radius 1 is 1.47 bits per heavy atom. The summed E-state index contributed by atoms with van der Waals surface area (Å²) in [7, 11) is 0. The molecule has 3 nitrogen and oxygen atoms in total. The number of nitrogens with one attached hydrogen (secondary N) is 1. The molecule has 0 aliphatic carbocycles. The maximum atomic E-state index is 13.8. The van der Waals surface area contributed by atoms with E-state index in [0.717, 1.165) is 4.88 Å². The predicted octanol–water partition coefficient (Wildman–Crippen LogP) is 4.94. The number of rotatable bonds is 3. The highest BCUT2D eigenvalue weighted by molar-refractivity contribution is 9.11. The van der Waals surface area contributed by atoms with E-state index in [9.17, 15) is 4.39 Å². The maximum absolute atomic E-state index is 13.8. The summed E-state index contributed by atoms with van der Waals surface area (Å²) in [5, 5.41) is 12.1. The Morgan fingerprint density at radius 2 is 2.21 bits per heavy atom. The summed E-state index contributed by atoms with van der Waals surface area (Å²) in [6.45, 7) is 0.415. The normalized spacial score (nSPS) is 10.3. The second-order valence-corrected chi connectivity index (χ2v) is 6.86. The SMILES string of the molecule is N#Cc1c(F)c(Br)cc(Br)c1NCc1cnc(Cl)s1. The molecule has 1 heterocycles. The predicted molar refractivity (Wildman–Crippen MR) is 81.0 cm³/mol. The lowest BCUT2D eigenvalue weighted by atomic mass is 10.2. The summed E-state index contributed by atoms with van der Waals surface area (Å²) in [6, 6.07) is 3.40. The standard InChI is InChI=1S/C11H5Br2ClFN3S/c12-7-1-8(13)10(6(2-16)9(7)15)17-3-5-4-18-11(14)19-5/h1,4,17H,3H2. The van der Waals surface area contributed by atoms with Gasteiger partial charge >= 0.3 is 0 Å². The summed E-state index contributed by atoms with van der Waals surface area (Å²) in [4.78, 5) is 4.80. The second kappa shape index (κ2) is 6.18. The lowest BCUT2D eigenvalue weighted by molar-refractivity contribution is 0.617. The van der Waals surface area contributed by atoms with Crippen LogP contribution < -0.4 is 5.32 Å². The zero-order valence-electron chi connectivity index (χ0n) is 9.18. The largest absolute Gasteiger partial charge is 0.378 e. The first-order chi connectivity index (χ1) is 9.02. The van der Waals surface area contributed by atoms with Gasteiger partial charge < -0.3 is 5.32 Å². The van der Waals surface area contributed by atoms with Crippen molar-refractivity contribution in [2.75, 3.05) is 5.32 Å². The number of benzene rings is 1. The molecule has 19 heavy (non-hydrogen) atoms. The minimum Gasteiger partial charge on any atom is -0.378 e. The Balaban J connectivity index is 2.30.